The number of anilines is 9. The lowest BCUT2D eigenvalue weighted by Gasteiger charge is -2.25. The molecule has 0 atom stereocenters. The maximum absolute atomic E-state index is 5.93. The second kappa shape index (κ2) is 28.6. The van der Waals surface area contributed by atoms with Gasteiger partial charge in [-0.15, -0.1) is 34.0 Å². The zero-order valence-electron chi connectivity index (χ0n) is 71.9. The van der Waals surface area contributed by atoms with Crippen LogP contribution in [0.2, 0.25) is 0 Å². The third-order valence-corrected chi connectivity index (χ3v) is 31.4. The lowest BCUT2D eigenvalue weighted by Crippen LogP contribution is -2.16. The number of aromatic nitrogens is 9. The molecule has 0 aliphatic carbocycles. The van der Waals surface area contributed by atoms with E-state index in [1.165, 1.54) is 10.8 Å². The molecule has 3 aliphatic rings. The van der Waals surface area contributed by atoms with E-state index in [0.717, 1.165) is 256 Å². The minimum atomic E-state index is 0.550. The average Bonchev–Trinajstić information content (AvgIpc) is 1.61. The van der Waals surface area contributed by atoms with Crippen molar-refractivity contribution in [3.05, 3.63) is 413 Å². The summed E-state index contributed by atoms with van der Waals surface area (Å²) in [6, 6.07) is 151. The zero-order valence-corrected chi connectivity index (χ0v) is 74.3. The Kier molecular flexibility index (Phi) is 15.8. The van der Waals surface area contributed by atoms with Crippen LogP contribution in [0.3, 0.4) is 0 Å². The van der Waals surface area contributed by atoms with Crippen LogP contribution in [0.5, 0.6) is 0 Å². The molecular weight excluding hydrogens is 1710 g/mol. The first-order valence-electron chi connectivity index (χ1n) is 45.5. The molecule has 12 nitrogen and oxygen atoms in total. The number of para-hydroxylation sites is 2. The monoisotopic (exact) mass is 1770 g/mol. The molecule has 0 fully saturated rings. The molecule has 18 aromatic carbocycles. The van der Waals surface area contributed by atoms with Gasteiger partial charge in [0.15, 0.2) is 0 Å². The minimum absolute atomic E-state index is 0.550. The van der Waals surface area contributed by atoms with E-state index >= 15 is 0 Å². The highest BCUT2D eigenvalue weighted by atomic mass is 32.1. The largest absolute Gasteiger partial charge is 0.295 e. The fraction of sp³-hybridized carbons (Fsp3) is 0. The van der Waals surface area contributed by atoms with Crippen LogP contribution in [-0.4, -0.2) is 43.6 Å². The average molecular weight is 1770 g/mol. The summed E-state index contributed by atoms with van der Waals surface area (Å²) in [4.78, 5) is 41.9. The van der Waals surface area contributed by atoms with Gasteiger partial charge in [-0.05, 0) is 158 Å². The number of hydrogen-bond donors (Lipinski definition) is 0. The number of rotatable bonds is 8. The summed E-state index contributed by atoms with van der Waals surface area (Å²) in [6.45, 7) is 0. The maximum Gasteiger partial charge on any atom is 0.237 e. The standard InChI is InChI=1S/C120H68N12S3/c1-4-29-72(30-5-1)108-115-111(87-40-18-23-45-101(87)133-115)124-118(121-108)130-99-60-54-78(75-51-56-93-79(62-75)66-104-127(93)96-44-22-17-39-86(96)107-82-36-14-11-27-70(82)50-61-100(107)132(104)120-123-110(74-33-8-3-9-34-74)117-113(126-120)89-42-20-25-47-103(89)135-117)65-91(99)85-55-48-71-28-12-15-37-83(71)114(85)129-94-57-52-76(63-80(94)67-105(129)130)77-53-59-98-90(64-77)84-38-16-21-43-95(84)128-97-58-49-69-26-10-13-35-81(69)92(97)68-106(128)131(98)119-122-109(73-31-6-2-7-32-73)116-112(125-119)88-41-19-24-46-102(88)134-116/h1-68H. The molecule has 27 aromatic rings. The van der Waals surface area contributed by atoms with Crippen LogP contribution in [0.4, 0.5) is 52.4 Å². The number of thiophene rings is 3. The predicted octanol–water partition coefficient (Wildman–Crippen LogP) is 33.1. The van der Waals surface area contributed by atoms with Crippen molar-refractivity contribution in [1.82, 2.24) is 43.6 Å². The van der Waals surface area contributed by atoms with Crippen molar-refractivity contribution in [2.24, 2.45) is 0 Å². The molecule has 0 spiro atoms. The van der Waals surface area contributed by atoms with E-state index in [1.54, 1.807) is 34.0 Å². The Morgan fingerprint density at radius 3 is 1.10 bits per heavy atom. The van der Waals surface area contributed by atoms with Gasteiger partial charge in [-0.25, -0.2) is 29.9 Å². The molecule has 626 valence electrons. The molecule has 9 aromatic heterocycles. The molecule has 0 saturated heterocycles. The van der Waals surface area contributed by atoms with Gasteiger partial charge in [0.2, 0.25) is 17.8 Å². The highest BCUT2D eigenvalue weighted by Gasteiger charge is 2.38. The third kappa shape index (κ3) is 11.0. The van der Waals surface area contributed by atoms with E-state index < -0.39 is 0 Å². The summed E-state index contributed by atoms with van der Waals surface area (Å²) < 4.78 is 14.0. The molecule has 0 unspecified atom stereocenters. The SMILES string of the molecule is c1ccc(-c2nc(N3c4ccc5ccccc5c4-c4ccccc4-n4c3cc3cc(-c5ccc6c(c5)-c5ccc7ccccc7c5-n5c(cc7cc(-c8ccc9c(c8)-c8ccccc8-n8c(cc%10c%11ccccc%11ccc%108)N9c8nc(-c9ccccc9)c9sc%10ccccc%10c9n8)ccc75)N6c5nc(-c6ccccc6)c6sc7ccccc7c6n5)ccc34)nc3c2sc2ccccc23)cc1. The van der Waals surface area contributed by atoms with Crippen molar-refractivity contribution < 1.29 is 0 Å². The molecule has 3 aliphatic heterocycles. The van der Waals surface area contributed by atoms with Crippen LogP contribution in [0, 0.1) is 0 Å². The molecule has 12 heterocycles. The van der Waals surface area contributed by atoms with Gasteiger partial charge in [0, 0.05) is 102 Å². The topological polar surface area (TPSA) is 102 Å². The third-order valence-electron chi connectivity index (χ3n) is 27.9. The van der Waals surface area contributed by atoms with Gasteiger partial charge in [0.05, 0.1) is 98.4 Å². The molecule has 0 N–H and O–H groups in total. The van der Waals surface area contributed by atoms with Crippen molar-refractivity contribution in [3.8, 4) is 106 Å². The summed E-state index contributed by atoms with van der Waals surface area (Å²) in [7, 11) is 0. The molecule has 135 heavy (non-hydrogen) atoms. The Hall–Kier alpha value is -17.3. The van der Waals surface area contributed by atoms with Crippen molar-refractivity contribution in [2.45, 2.75) is 0 Å². The quantitative estimate of drug-likeness (QED) is 0.147. The van der Waals surface area contributed by atoms with Gasteiger partial charge in [-0.3, -0.25) is 28.4 Å². The molecule has 0 saturated carbocycles. The second-order valence-electron chi connectivity index (χ2n) is 35.2. The Bertz CT molecular complexity index is 9830. The summed E-state index contributed by atoms with van der Waals surface area (Å²) in [6.07, 6.45) is 0. The maximum atomic E-state index is 5.93. The normalized spacial score (nSPS) is 12.7. The van der Waals surface area contributed by atoms with Gasteiger partial charge < -0.3 is 0 Å². The fourth-order valence-electron chi connectivity index (χ4n) is 21.8. The van der Waals surface area contributed by atoms with Crippen LogP contribution in [0.1, 0.15) is 0 Å². The first kappa shape index (κ1) is 74.4. The zero-order chi connectivity index (χ0) is 87.9. The number of hydrogen-bond acceptors (Lipinski definition) is 12. The van der Waals surface area contributed by atoms with E-state index in [2.05, 4.69) is 441 Å². The van der Waals surface area contributed by atoms with E-state index in [9.17, 15) is 0 Å². The van der Waals surface area contributed by atoms with Gasteiger partial charge in [0.25, 0.3) is 0 Å². The van der Waals surface area contributed by atoms with Crippen LogP contribution in [0.15, 0.2) is 413 Å². The Morgan fingerprint density at radius 2 is 0.556 bits per heavy atom. The van der Waals surface area contributed by atoms with Crippen LogP contribution < -0.4 is 14.7 Å². The van der Waals surface area contributed by atoms with E-state index in [-0.39, 0.29) is 0 Å². The lowest BCUT2D eigenvalue weighted by atomic mass is 9.93. The first-order valence-corrected chi connectivity index (χ1v) is 47.9. The summed E-state index contributed by atoms with van der Waals surface area (Å²) in [5.41, 5.74) is 28.4. The smallest absolute Gasteiger partial charge is 0.237 e. The van der Waals surface area contributed by atoms with Gasteiger partial charge >= 0.3 is 0 Å². The molecule has 0 bridgehead atoms. The van der Waals surface area contributed by atoms with Crippen molar-refractivity contribution in [3.63, 3.8) is 0 Å². The highest BCUT2D eigenvalue weighted by Crippen LogP contribution is 2.58. The van der Waals surface area contributed by atoms with Crippen molar-refractivity contribution in [1.29, 1.82) is 0 Å². The van der Waals surface area contributed by atoms with Crippen molar-refractivity contribution in [2.75, 3.05) is 14.7 Å². The summed E-state index contributed by atoms with van der Waals surface area (Å²) in [5.74, 6) is 4.47. The molecular formula is C120H68N12S3. The Balaban J connectivity index is 0.625. The molecule has 0 radical (unpaired) electrons. The first-order chi connectivity index (χ1) is 66.9. The number of benzene rings is 18. The van der Waals surface area contributed by atoms with E-state index in [4.69, 9.17) is 29.9 Å². The number of fused-ring (bicyclic) bond motifs is 36. The molecule has 30 rings (SSSR count). The van der Waals surface area contributed by atoms with E-state index in [1.807, 2.05) is 0 Å². The van der Waals surface area contributed by atoms with Gasteiger partial charge in [-0.1, -0.05) is 303 Å². The van der Waals surface area contributed by atoms with E-state index in [0.29, 0.717) is 17.8 Å². The summed E-state index contributed by atoms with van der Waals surface area (Å²) in [5, 5.41) is 13.4. The molecule has 15 heteroatoms. The minimum Gasteiger partial charge on any atom is -0.295 e. The molecule has 0 amide bonds. The van der Waals surface area contributed by atoms with Crippen LogP contribution >= 0.6 is 34.0 Å². The van der Waals surface area contributed by atoms with Gasteiger partial charge in [-0.2, -0.15) is 0 Å². The van der Waals surface area contributed by atoms with Crippen molar-refractivity contribution >= 4 is 212 Å². The lowest BCUT2D eigenvalue weighted by molar-refractivity contribution is 1.04. The fourth-order valence-corrected chi connectivity index (χ4v) is 25.3. The number of nitrogens with zero attached hydrogens (tertiary/aromatic N) is 12. The van der Waals surface area contributed by atoms with Gasteiger partial charge in [0.1, 0.15) is 17.5 Å². The Morgan fingerprint density at radius 1 is 0.193 bits per heavy atom. The second-order valence-corrected chi connectivity index (χ2v) is 38.3. The predicted molar refractivity (Wildman–Crippen MR) is 563 cm³/mol. The Labute approximate surface area is 783 Å². The van der Waals surface area contributed by atoms with Crippen LogP contribution in [0.25, 0.3) is 232 Å². The highest BCUT2D eigenvalue weighted by molar-refractivity contribution is 7.27. The van der Waals surface area contributed by atoms with Crippen LogP contribution in [-0.2, 0) is 0 Å². The summed E-state index contributed by atoms with van der Waals surface area (Å²) >= 11 is 5.25.